The maximum absolute atomic E-state index is 11.1. The molecule has 2 atom stereocenters. The van der Waals surface area contributed by atoms with Crippen LogP contribution in [0, 0.1) is 11.8 Å². The van der Waals surface area contributed by atoms with E-state index in [1.54, 1.807) is 0 Å². The molecule has 2 N–H and O–H groups in total. The van der Waals surface area contributed by atoms with Gasteiger partial charge in [-0.2, -0.15) is 0 Å². The topological polar surface area (TPSA) is 48.4 Å². The predicted molar refractivity (Wildman–Crippen MR) is 119 cm³/mol. The van der Waals surface area contributed by atoms with Gasteiger partial charge in [-0.1, -0.05) is 24.4 Å². The van der Waals surface area contributed by atoms with Crippen molar-refractivity contribution in [3.8, 4) is 0 Å². The van der Waals surface area contributed by atoms with Crippen molar-refractivity contribution >= 4 is 28.2 Å². The number of fused-ring (bicyclic) bond motifs is 1. The molecule has 4 bridgehead atoms. The lowest BCUT2D eigenvalue weighted by Gasteiger charge is -2.61. The van der Waals surface area contributed by atoms with Crippen molar-refractivity contribution in [1.82, 2.24) is 9.88 Å². The number of aromatic nitrogens is 1. The summed E-state index contributed by atoms with van der Waals surface area (Å²) in [5, 5.41) is 16.5. The van der Waals surface area contributed by atoms with Crippen molar-refractivity contribution in [1.29, 1.82) is 0 Å². The quantitative estimate of drug-likeness (QED) is 0.565. The van der Waals surface area contributed by atoms with Gasteiger partial charge in [0, 0.05) is 41.4 Å². The van der Waals surface area contributed by atoms with E-state index >= 15 is 0 Å². The minimum atomic E-state index is -0.471. The molecule has 2 saturated carbocycles. The van der Waals surface area contributed by atoms with Crippen LogP contribution in [-0.4, -0.2) is 39.8 Å². The van der Waals surface area contributed by atoms with Gasteiger partial charge in [0.05, 0.1) is 5.52 Å². The van der Waals surface area contributed by atoms with Crippen molar-refractivity contribution in [2.75, 3.05) is 18.4 Å². The van der Waals surface area contributed by atoms with Gasteiger partial charge in [0.25, 0.3) is 0 Å². The van der Waals surface area contributed by atoms with Gasteiger partial charge < -0.3 is 10.4 Å². The summed E-state index contributed by atoms with van der Waals surface area (Å²) < 4.78 is 0. The number of piperidine rings is 2. The average Bonchev–Trinajstić information content (AvgIpc) is 2.67. The zero-order valence-electron chi connectivity index (χ0n) is 17.1. The van der Waals surface area contributed by atoms with E-state index in [0.717, 1.165) is 65.8 Å². The first-order valence-electron chi connectivity index (χ1n) is 11.4. The summed E-state index contributed by atoms with van der Waals surface area (Å²) in [5.74, 6) is 1.58. The van der Waals surface area contributed by atoms with E-state index in [-0.39, 0.29) is 0 Å². The number of aliphatic hydroxyl groups is 1. The summed E-state index contributed by atoms with van der Waals surface area (Å²) in [6, 6.07) is 8.56. The molecule has 6 rings (SSSR count). The second kappa shape index (κ2) is 8.05. The molecule has 0 radical (unpaired) electrons. The molecule has 4 nitrogen and oxygen atoms in total. The second-order valence-corrected chi connectivity index (χ2v) is 9.97. The van der Waals surface area contributed by atoms with Crippen molar-refractivity contribution in [2.45, 2.75) is 69.6 Å². The molecule has 0 spiro atoms. The van der Waals surface area contributed by atoms with Crippen LogP contribution in [0.15, 0.2) is 30.5 Å². The highest BCUT2D eigenvalue weighted by Crippen LogP contribution is 2.53. The van der Waals surface area contributed by atoms with Crippen molar-refractivity contribution < 1.29 is 5.11 Å². The van der Waals surface area contributed by atoms with Crippen LogP contribution in [-0.2, 0) is 0 Å². The molecule has 4 aliphatic rings. The van der Waals surface area contributed by atoms with Crippen LogP contribution < -0.4 is 5.32 Å². The molecule has 3 heterocycles. The Hall–Kier alpha value is -1.36. The number of hydrogen-bond acceptors (Lipinski definition) is 4. The van der Waals surface area contributed by atoms with Gasteiger partial charge in [-0.05, 0) is 81.0 Å². The molecule has 2 aliphatic carbocycles. The number of pyridine rings is 1. The summed E-state index contributed by atoms with van der Waals surface area (Å²) in [6.45, 7) is 2.05. The van der Waals surface area contributed by atoms with E-state index in [1.807, 2.05) is 30.5 Å². The molecular weight excluding hydrogens is 382 g/mol. The molecular formula is C24H32ClN3O. The Morgan fingerprint density at radius 1 is 1.07 bits per heavy atom. The van der Waals surface area contributed by atoms with E-state index in [0.29, 0.717) is 6.04 Å². The van der Waals surface area contributed by atoms with Crippen LogP contribution in [0.3, 0.4) is 0 Å². The monoisotopic (exact) mass is 413 g/mol. The van der Waals surface area contributed by atoms with E-state index in [1.165, 1.54) is 38.5 Å². The largest absolute Gasteiger partial charge is 0.384 e. The van der Waals surface area contributed by atoms with E-state index in [9.17, 15) is 5.11 Å². The molecule has 2 saturated heterocycles. The highest BCUT2D eigenvalue weighted by Gasteiger charge is 2.54. The van der Waals surface area contributed by atoms with E-state index in [4.69, 9.17) is 11.6 Å². The SMILES string of the molecule is OC12CC3CC(CC(C3)N1CCCCCCNc1ccnc3cc(Cl)ccc13)C2. The van der Waals surface area contributed by atoms with Crippen molar-refractivity contribution in [3.05, 3.63) is 35.5 Å². The van der Waals surface area contributed by atoms with Crippen LogP contribution in [0.1, 0.15) is 57.8 Å². The van der Waals surface area contributed by atoms with Gasteiger partial charge >= 0.3 is 0 Å². The lowest BCUT2D eigenvalue weighted by atomic mass is 9.62. The van der Waals surface area contributed by atoms with Gasteiger partial charge in [-0.3, -0.25) is 9.88 Å². The number of hydrogen-bond donors (Lipinski definition) is 2. The standard InChI is InChI=1S/C24H32ClN3O/c25-19-5-6-21-22(7-9-27-23(21)14-19)26-8-3-1-2-4-10-28-20-12-17-11-18(13-20)16-24(28,29)15-17/h5-7,9,14,17-18,20,29H,1-4,8,10-13,15-16H2,(H,26,27). The number of halogens is 1. The summed E-state index contributed by atoms with van der Waals surface area (Å²) in [6.07, 6.45) is 12.7. The highest BCUT2D eigenvalue weighted by atomic mass is 35.5. The predicted octanol–water partition coefficient (Wildman–Crippen LogP) is 5.44. The molecule has 2 unspecified atom stereocenters. The minimum Gasteiger partial charge on any atom is -0.384 e. The summed E-state index contributed by atoms with van der Waals surface area (Å²) >= 11 is 6.07. The third-order valence-electron chi connectivity index (χ3n) is 7.43. The van der Waals surface area contributed by atoms with Gasteiger partial charge in [0.1, 0.15) is 5.72 Å². The number of anilines is 1. The van der Waals surface area contributed by atoms with E-state index < -0.39 is 5.72 Å². The second-order valence-electron chi connectivity index (χ2n) is 9.54. The first-order chi connectivity index (χ1) is 14.1. The Labute approximate surface area is 178 Å². The fourth-order valence-corrected chi connectivity index (χ4v) is 6.52. The lowest BCUT2D eigenvalue weighted by Crippen LogP contribution is -2.66. The number of benzene rings is 1. The van der Waals surface area contributed by atoms with Crippen LogP contribution in [0.5, 0.6) is 0 Å². The zero-order chi connectivity index (χ0) is 19.8. The number of nitrogens with one attached hydrogen (secondary N) is 1. The smallest absolute Gasteiger partial charge is 0.119 e. The van der Waals surface area contributed by atoms with Crippen molar-refractivity contribution in [3.63, 3.8) is 0 Å². The van der Waals surface area contributed by atoms with Gasteiger partial charge in [0.15, 0.2) is 0 Å². The maximum atomic E-state index is 11.1. The Balaban J connectivity index is 1.05. The maximum Gasteiger partial charge on any atom is 0.119 e. The summed E-state index contributed by atoms with van der Waals surface area (Å²) in [5.41, 5.74) is 1.60. The molecule has 2 aromatic rings. The number of nitrogens with zero attached hydrogens (tertiary/aromatic N) is 2. The molecule has 156 valence electrons. The molecule has 1 aromatic heterocycles. The molecule has 5 heteroatoms. The Bertz CT molecular complexity index is 858. The zero-order valence-corrected chi connectivity index (χ0v) is 17.9. The third kappa shape index (κ3) is 3.99. The number of rotatable bonds is 8. The molecule has 2 aliphatic heterocycles. The van der Waals surface area contributed by atoms with Gasteiger partial charge in [0.2, 0.25) is 0 Å². The van der Waals surface area contributed by atoms with Crippen LogP contribution in [0.25, 0.3) is 10.9 Å². The Morgan fingerprint density at radius 3 is 2.66 bits per heavy atom. The Kier molecular flexibility index (Phi) is 5.44. The fourth-order valence-electron chi connectivity index (χ4n) is 6.35. The molecule has 29 heavy (non-hydrogen) atoms. The first kappa shape index (κ1) is 19.6. The van der Waals surface area contributed by atoms with Crippen LogP contribution in [0.4, 0.5) is 5.69 Å². The minimum absolute atomic E-state index is 0.471. The number of unbranched alkanes of at least 4 members (excludes halogenated alkanes) is 3. The summed E-state index contributed by atoms with van der Waals surface area (Å²) in [4.78, 5) is 6.88. The normalized spacial score (nSPS) is 30.9. The molecule has 0 amide bonds. The van der Waals surface area contributed by atoms with E-state index in [2.05, 4.69) is 15.2 Å². The fraction of sp³-hybridized carbons (Fsp3) is 0.625. The molecule has 1 aromatic carbocycles. The average molecular weight is 414 g/mol. The third-order valence-corrected chi connectivity index (χ3v) is 7.67. The highest BCUT2D eigenvalue weighted by molar-refractivity contribution is 6.31. The lowest BCUT2D eigenvalue weighted by molar-refractivity contribution is -0.232. The van der Waals surface area contributed by atoms with Gasteiger partial charge in [-0.25, -0.2) is 0 Å². The molecule has 4 fully saturated rings. The first-order valence-corrected chi connectivity index (χ1v) is 11.8. The Morgan fingerprint density at radius 2 is 1.86 bits per heavy atom. The summed E-state index contributed by atoms with van der Waals surface area (Å²) in [7, 11) is 0. The van der Waals surface area contributed by atoms with Crippen molar-refractivity contribution in [2.24, 2.45) is 11.8 Å². The van der Waals surface area contributed by atoms with Crippen LogP contribution in [0.2, 0.25) is 5.02 Å². The van der Waals surface area contributed by atoms with Gasteiger partial charge in [-0.15, -0.1) is 0 Å². The van der Waals surface area contributed by atoms with Crippen LogP contribution >= 0.6 is 11.6 Å².